The van der Waals surface area contributed by atoms with Crippen molar-refractivity contribution < 1.29 is 23.1 Å². The number of carbonyl (C=O) groups is 2. The number of benzene rings is 1. The molecule has 2 N–H and O–H groups in total. The Morgan fingerprint density at radius 2 is 2.00 bits per heavy atom. The molecule has 1 heterocycles. The van der Waals surface area contributed by atoms with Crippen LogP contribution >= 0.6 is 0 Å². The zero-order chi connectivity index (χ0) is 18.4. The molecule has 8 heteroatoms. The molecule has 1 unspecified atom stereocenters. The largest absolute Gasteiger partial charge is 0.477 e. The van der Waals surface area contributed by atoms with Crippen molar-refractivity contribution in [3.05, 3.63) is 59.3 Å². The maximum Gasteiger partial charge on any atom is 0.257 e. The summed E-state index contributed by atoms with van der Waals surface area (Å²) in [7, 11) is 1.37. The molecule has 2 amide bonds. The number of carbonyl (C=O) groups excluding carboxylic acids is 2. The van der Waals surface area contributed by atoms with Crippen LogP contribution in [0.5, 0.6) is 5.88 Å². The lowest BCUT2D eigenvalue weighted by Crippen LogP contribution is -2.39. The third kappa shape index (κ3) is 4.28. The van der Waals surface area contributed by atoms with Crippen molar-refractivity contribution in [2.24, 2.45) is 0 Å². The standard InChI is InChI=1S/C17H17F2N3O3/c1-3-25-17-11(5-4-8-21-17)15(23)22-14(16(24)20-2)10-6-7-12(18)13(19)9-10/h4-9,14H,3H2,1-2H3,(H,20,24)(H,22,23). The fraction of sp³-hybridized carbons (Fsp3) is 0.235. The highest BCUT2D eigenvalue weighted by molar-refractivity contribution is 5.99. The second kappa shape index (κ2) is 8.18. The zero-order valence-corrected chi connectivity index (χ0v) is 13.7. The first-order valence-corrected chi connectivity index (χ1v) is 7.53. The Labute approximate surface area is 143 Å². The van der Waals surface area contributed by atoms with E-state index in [1.165, 1.54) is 25.4 Å². The lowest BCUT2D eigenvalue weighted by molar-refractivity contribution is -0.122. The highest BCUT2D eigenvalue weighted by atomic mass is 19.2. The van der Waals surface area contributed by atoms with E-state index in [9.17, 15) is 18.4 Å². The molecule has 0 spiro atoms. The summed E-state index contributed by atoms with van der Waals surface area (Å²) in [6, 6.07) is 4.81. The van der Waals surface area contributed by atoms with Gasteiger partial charge in [-0.3, -0.25) is 9.59 Å². The van der Waals surface area contributed by atoms with Gasteiger partial charge in [0.25, 0.3) is 5.91 Å². The monoisotopic (exact) mass is 349 g/mol. The van der Waals surface area contributed by atoms with Gasteiger partial charge in [-0.15, -0.1) is 0 Å². The van der Waals surface area contributed by atoms with Gasteiger partial charge in [0.05, 0.1) is 6.61 Å². The third-order valence-electron chi connectivity index (χ3n) is 3.36. The lowest BCUT2D eigenvalue weighted by Gasteiger charge is -2.18. The van der Waals surface area contributed by atoms with Gasteiger partial charge in [0.15, 0.2) is 11.6 Å². The number of nitrogens with zero attached hydrogens (tertiary/aromatic N) is 1. The molecule has 2 rings (SSSR count). The number of likely N-dealkylation sites (N-methyl/N-ethyl adjacent to an activating group) is 1. The molecule has 0 radical (unpaired) electrons. The summed E-state index contributed by atoms with van der Waals surface area (Å²) in [6.45, 7) is 2.05. The Morgan fingerprint density at radius 1 is 1.24 bits per heavy atom. The number of hydrogen-bond donors (Lipinski definition) is 2. The van der Waals surface area contributed by atoms with Crippen molar-refractivity contribution in [2.45, 2.75) is 13.0 Å². The number of ether oxygens (including phenoxy) is 1. The smallest absolute Gasteiger partial charge is 0.257 e. The first-order chi connectivity index (χ1) is 12.0. The fourth-order valence-corrected chi connectivity index (χ4v) is 2.16. The SMILES string of the molecule is CCOc1ncccc1C(=O)NC(C(=O)NC)c1ccc(F)c(F)c1. The maximum absolute atomic E-state index is 13.5. The Hall–Kier alpha value is -3.03. The fourth-order valence-electron chi connectivity index (χ4n) is 2.16. The van der Waals surface area contributed by atoms with E-state index in [0.717, 1.165) is 12.1 Å². The van der Waals surface area contributed by atoms with Gasteiger partial charge in [-0.25, -0.2) is 13.8 Å². The number of amides is 2. The van der Waals surface area contributed by atoms with Gasteiger partial charge < -0.3 is 15.4 Å². The van der Waals surface area contributed by atoms with E-state index >= 15 is 0 Å². The van der Waals surface area contributed by atoms with Crippen molar-refractivity contribution in [3.8, 4) is 5.88 Å². The summed E-state index contributed by atoms with van der Waals surface area (Å²) in [5, 5.41) is 4.86. The summed E-state index contributed by atoms with van der Waals surface area (Å²) in [4.78, 5) is 28.6. The molecular weight excluding hydrogens is 332 g/mol. The van der Waals surface area contributed by atoms with E-state index < -0.39 is 29.5 Å². The van der Waals surface area contributed by atoms with E-state index in [4.69, 9.17) is 4.74 Å². The number of pyridine rings is 1. The van der Waals surface area contributed by atoms with E-state index in [-0.39, 0.29) is 17.0 Å². The first-order valence-electron chi connectivity index (χ1n) is 7.53. The molecule has 1 aromatic heterocycles. The Morgan fingerprint density at radius 3 is 2.64 bits per heavy atom. The normalized spacial score (nSPS) is 11.5. The maximum atomic E-state index is 13.5. The van der Waals surface area contributed by atoms with Crippen LogP contribution in [0.3, 0.4) is 0 Å². The van der Waals surface area contributed by atoms with Crippen LogP contribution in [0.1, 0.15) is 28.9 Å². The summed E-state index contributed by atoms with van der Waals surface area (Å²) in [6.07, 6.45) is 1.47. The summed E-state index contributed by atoms with van der Waals surface area (Å²) in [5.74, 6) is -3.26. The average molecular weight is 349 g/mol. The summed E-state index contributed by atoms with van der Waals surface area (Å²) < 4.78 is 31.9. The third-order valence-corrected chi connectivity index (χ3v) is 3.36. The second-order valence-corrected chi connectivity index (χ2v) is 4.98. The van der Waals surface area contributed by atoms with E-state index in [1.54, 1.807) is 13.0 Å². The van der Waals surface area contributed by atoms with Gasteiger partial charge in [0.2, 0.25) is 11.8 Å². The number of halogens is 2. The van der Waals surface area contributed by atoms with Crippen molar-refractivity contribution >= 4 is 11.8 Å². The predicted octanol–water partition coefficient (Wildman–Crippen LogP) is 1.98. The minimum Gasteiger partial charge on any atom is -0.477 e. The molecule has 0 fully saturated rings. The minimum absolute atomic E-state index is 0.105. The Balaban J connectivity index is 2.33. The first kappa shape index (κ1) is 18.3. The van der Waals surface area contributed by atoms with Gasteiger partial charge in [0.1, 0.15) is 11.6 Å². The van der Waals surface area contributed by atoms with Crippen LogP contribution < -0.4 is 15.4 Å². The van der Waals surface area contributed by atoms with Gasteiger partial charge in [0, 0.05) is 13.2 Å². The Bertz CT molecular complexity index is 783. The van der Waals surface area contributed by atoms with Crippen molar-refractivity contribution in [1.29, 1.82) is 0 Å². The van der Waals surface area contributed by atoms with Gasteiger partial charge in [-0.2, -0.15) is 0 Å². The molecule has 1 aromatic carbocycles. The number of rotatable bonds is 6. The van der Waals surface area contributed by atoms with Gasteiger partial charge in [-0.05, 0) is 36.8 Å². The van der Waals surface area contributed by atoms with Crippen LogP contribution in [-0.4, -0.2) is 30.5 Å². The predicted molar refractivity (Wildman–Crippen MR) is 86.0 cm³/mol. The van der Waals surface area contributed by atoms with Crippen LogP contribution in [0.25, 0.3) is 0 Å². The lowest BCUT2D eigenvalue weighted by atomic mass is 10.0. The minimum atomic E-state index is -1.21. The highest BCUT2D eigenvalue weighted by Gasteiger charge is 2.25. The van der Waals surface area contributed by atoms with Crippen molar-refractivity contribution in [2.75, 3.05) is 13.7 Å². The van der Waals surface area contributed by atoms with E-state index in [1.807, 2.05) is 0 Å². The highest BCUT2D eigenvalue weighted by Crippen LogP contribution is 2.20. The molecule has 0 aliphatic heterocycles. The van der Waals surface area contributed by atoms with Crippen LogP contribution in [0.2, 0.25) is 0 Å². The zero-order valence-electron chi connectivity index (χ0n) is 13.7. The molecule has 0 saturated heterocycles. The molecule has 0 aliphatic carbocycles. The van der Waals surface area contributed by atoms with E-state index in [0.29, 0.717) is 6.61 Å². The van der Waals surface area contributed by atoms with E-state index in [2.05, 4.69) is 15.6 Å². The molecule has 0 saturated carbocycles. The molecule has 2 aromatic rings. The Kier molecular flexibility index (Phi) is 5.99. The second-order valence-electron chi connectivity index (χ2n) is 4.98. The number of nitrogens with one attached hydrogen (secondary N) is 2. The molecule has 25 heavy (non-hydrogen) atoms. The van der Waals surface area contributed by atoms with Crippen LogP contribution in [0, 0.1) is 11.6 Å². The molecular formula is C17H17F2N3O3. The molecule has 0 aliphatic rings. The summed E-state index contributed by atoms with van der Waals surface area (Å²) in [5.41, 5.74) is 0.231. The van der Waals surface area contributed by atoms with Crippen molar-refractivity contribution in [3.63, 3.8) is 0 Å². The van der Waals surface area contributed by atoms with Gasteiger partial charge >= 0.3 is 0 Å². The van der Waals surface area contributed by atoms with Crippen LogP contribution in [0.4, 0.5) is 8.78 Å². The molecule has 0 bridgehead atoms. The van der Waals surface area contributed by atoms with Crippen LogP contribution in [0.15, 0.2) is 36.5 Å². The summed E-state index contributed by atoms with van der Waals surface area (Å²) >= 11 is 0. The average Bonchev–Trinajstić information content (AvgIpc) is 2.62. The number of hydrogen-bond acceptors (Lipinski definition) is 4. The van der Waals surface area contributed by atoms with Crippen LogP contribution in [-0.2, 0) is 4.79 Å². The van der Waals surface area contributed by atoms with Crippen molar-refractivity contribution in [1.82, 2.24) is 15.6 Å². The quantitative estimate of drug-likeness (QED) is 0.836. The molecule has 132 valence electrons. The topological polar surface area (TPSA) is 80.3 Å². The molecule has 1 atom stereocenters. The number of aromatic nitrogens is 1. The van der Waals surface area contributed by atoms with Gasteiger partial charge in [-0.1, -0.05) is 6.07 Å². The molecule has 6 nitrogen and oxygen atoms in total.